The van der Waals surface area contributed by atoms with Gasteiger partial charge in [0.1, 0.15) is 12.6 Å². The molecule has 2 aromatic rings. The molecule has 0 aliphatic carbocycles. The molecule has 1 N–H and O–H groups in total. The van der Waals surface area contributed by atoms with Gasteiger partial charge in [-0.1, -0.05) is 76.0 Å². The second-order valence-corrected chi connectivity index (χ2v) is 12.7. The smallest absolute Gasteiger partial charge is 0.244 e. The van der Waals surface area contributed by atoms with Crippen LogP contribution in [0.5, 0.6) is 0 Å². The second kappa shape index (κ2) is 13.0. The summed E-state index contributed by atoms with van der Waals surface area (Å²) >= 11 is 12.8. The third-order valence-electron chi connectivity index (χ3n) is 6.03. The Bertz CT molecular complexity index is 1170. The molecule has 0 heterocycles. The Kier molecular flexibility index (Phi) is 10.9. The molecule has 37 heavy (non-hydrogen) atoms. The van der Waals surface area contributed by atoms with E-state index in [0.717, 1.165) is 22.5 Å². The van der Waals surface area contributed by atoms with Gasteiger partial charge in [0.05, 0.1) is 11.9 Å². The molecule has 0 aromatic heterocycles. The first-order valence-corrected chi connectivity index (χ1v) is 14.9. The number of nitrogens with zero attached hydrogens (tertiary/aromatic N) is 2. The van der Waals surface area contributed by atoms with Crippen LogP contribution in [0.3, 0.4) is 0 Å². The van der Waals surface area contributed by atoms with Crippen molar-refractivity contribution < 1.29 is 18.0 Å². The first-order valence-electron chi connectivity index (χ1n) is 12.3. The first-order chi connectivity index (χ1) is 17.2. The van der Waals surface area contributed by atoms with Crippen LogP contribution < -0.4 is 9.62 Å². The predicted octanol–water partition coefficient (Wildman–Crippen LogP) is 5.39. The minimum atomic E-state index is -3.82. The lowest BCUT2D eigenvalue weighted by Gasteiger charge is -2.33. The predicted molar refractivity (Wildman–Crippen MR) is 152 cm³/mol. The first kappa shape index (κ1) is 30.9. The topological polar surface area (TPSA) is 86.8 Å². The average Bonchev–Trinajstić information content (AvgIpc) is 2.81. The lowest BCUT2D eigenvalue weighted by Crippen LogP contribution is -2.52. The van der Waals surface area contributed by atoms with E-state index in [4.69, 9.17) is 23.2 Å². The molecule has 2 rings (SSSR count). The van der Waals surface area contributed by atoms with Crippen LogP contribution in [0.15, 0.2) is 42.5 Å². The minimum absolute atomic E-state index is 0.0457. The van der Waals surface area contributed by atoms with Gasteiger partial charge in [0.25, 0.3) is 0 Å². The molecule has 10 heteroatoms. The summed E-state index contributed by atoms with van der Waals surface area (Å²) in [6.07, 6.45) is 2.11. The summed E-state index contributed by atoms with van der Waals surface area (Å²) in [6, 6.07) is 11.3. The maximum atomic E-state index is 13.8. The number of carbonyl (C=O) groups is 2. The van der Waals surface area contributed by atoms with Gasteiger partial charge in [0, 0.05) is 28.7 Å². The molecule has 0 unspecified atom stereocenters. The van der Waals surface area contributed by atoms with Crippen molar-refractivity contribution in [1.82, 2.24) is 10.2 Å². The van der Waals surface area contributed by atoms with E-state index >= 15 is 0 Å². The zero-order valence-electron chi connectivity index (χ0n) is 22.3. The molecule has 2 aromatic carbocycles. The minimum Gasteiger partial charge on any atom is -0.354 e. The van der Waals surface area contributed by atoms with Gasteiger partial charge in [0.2, 0.25) is 21.8 Å². The standard InChI is InChI=1S/C27H37Cl2N3O4S/c1-7-16-30-26(34)24(8-2)31(17-21-22(28)10-9-11-23(21)29)25(33)18-32(37(6,35)36)20-14-12-19(13-15-20)27(3,4)5/h9-15,24H,7-8,16-18H2,1-6H3,(H,30,34)/t24-/m0/s1. The van der Waals surface area contributed by atoms with Gasteiger partial charge in [-0.2, -0.15) is 0 Å². The van der Waals surface area contributed by atoms with Crippen LogP contribution in [0.4, 0.5) is 5.69 Å². The Morgan fingerprint density at radius 1 is 1.00 bits per heavy atom. The highest BCUT2D eigenvalue weighted by Crippen LogP contribution is 2.29. The van der Waals surface area contributed by atoms with Gasteiger partial charge >= 0.3 is 0 Å². The van der Waals surface area contributed by atoms with Crippen LogP contribution in [0.2, 0.25) is 10.0 Å². The number of rotatable bonds is 11. The van der Waals surface area contributed by atoms with Crippen LogP contribution in [0, 0.1) is 0 Å². The summed E-state index contributed by atoms with van der Waals surface area (Å²) in [5.74, 6) is -0.860. The van der Waals surface area contributed by atoms with Crippen LogP contribution in [-0.4, -0.2) is 50.5 Å². The number of hydrogen-bond donors (Lipinski definition) is 1. The molecule has 2 amide bonds. The third-order valence-corrected chi connectivity index (χ3v) is 7.87. The fraction of sp³-hybridized carbons (Fsp3) is 0.481. The summed E-state index contributed by atoms with van der Waals surface area (Å²) in [5, 5.41) is 3.55. The number of halogens is 2. The Balaban J connectivity index is 2.49. The Hall–Kier alpha value is -2.29. The summed E-state index contributed by atoms with van der Waals surface area (Å²) < 4.78 is 26.6. The normalized spacial score (nSPS) is 12.6. The second-order valence-electron chi connectivity index (χ2n) is 10.0. The number of sulfonamides is 1. The number of carbonyl (C=O) groups excluding carboxylic acids is 2. The largest absolute Gasteiger partial charge is 0.354 e. The number of amides is 2. The van der Waals surface area contributed by atoms with Crippen molar-refractivity contribution in [2.45, 2.75) is 65.5 Å². The van der Waals surface area contributed by atoms with E-state index in [0.29, 0.717) is 34.3 Å². The molecule has 7 nitrogen and oxygen atoms in total. The van der Waals surface area contributed by atoms with Crippen molar-refractivity contribution >= 4 is 50.7 Å². The zero-order chi connectivity index (χ0) is 28.0. The highest BCUT2D eigenvalue weighted by Gasteiger charge is 2.32. The monoisotopic (exact) mass is 569 g/mol. The lowest BCUT2D eigenvalue weighted by molar-refractivity contribution is -0.140. The van der Waals surface area contributed by atoms with E-state index in [2.05, 4.69) is 26.1 Å². The van der Waals surface area contributed by atoms with E-state index in [1.807, 2.05) is 19.1 Å². The Morgan fingerprint density at radius 2 is 1.57 bits per heavy atom. The van der Waals surface area contributed by atoms with Gasteiger partial charge in [-0.25, -0.2) is 8.42 Å². The van der Waals surface area contributed by atoms with Gasteiger partial charge in [-0.15, -0.1) is 0 Å². The van der Waals surface area contributed by atoms with Gasteiger partial charge in [0.15, 0.2) is 0 Å². The van der Waals surface area contributed by atoms with Gasteiger partial charge in [-0.05, 0) is 48.1 Å². The molecule has 0 saturated heterocycles. The molecule has 204 valence electrons. The quantitative estimate of drug-likeness (QED) is 0.393. The molecule has 0 bridgehead atoms. The van der Waals surface area contributed by atoms with E-state index in [1.54, 1.807) is 37.3 Å². The third kappa shape index (κ3) is 8.35. The average molecular weight is 571 g/mol. The molecular weight excluding hydrogens is 533 g/mol. The van der Waals surface area contributed by atoms with Gasteiger partial charge < -0.3 is 10.2 Å². The molecule has 0 spiro atoms. The SMILES string of the molecule is CCCNC(=O)[C@H](CC)N(Cc1c(Cl)cccc1Cl)C(=O)CN(c1ccc(C(C)(C)C)cc1)S(C)(=O)=O. The highest BCUT2D eigenvalue weighted by atomic mass is 35.5. The summed E-state index contributed by atoms with van der Waals surface area (Å²) in [4.78, 5) is 28.1. The highest BCUT2D eigenvalue weighted by molar-refractivity contribution is 7.92. The number of benzene rings is 2. The Labute approximate surface area is 231 Å². The van der Waals surface area contributed by atoms with Crippen molar-refractivity contribution in [3.8, 4) is 0 Å². The summed E-state index contributed by atoms with van der Waals surface area (Å²) in [6.45, 7) is 9.85. The molecule has 0 fully saturated rings. The van der Waals surface area contributed by atoms with Crippen LogP contribution in [0.1, 0.15) is 58.6 Å². The Morgan fingerprint density at radius 3 is 2.03 bits per heavy atom. The van der Waals surface area contributed by atoms with Crippen LogP contribution >= 0.6 is 23.2 Å². The fourth-order valence-corrected chi connectivity index (χ4v) is 5.25. The van der Waals surface area contributed by atoms with Crippen LogP contribution in [-0.2, 0) is 31.6 Å². The molecule has 1 atom stereocenters. The van der Waals surface area contributed by atoms with Crippen molar-refractivity contribution in [2.24, 2.45) is 0 Å². The van der Waals surface area contributed by atoms with Gasteiger partial charge in [-0.3, -0.25) is 13.9 Å². The van der Waals surface area contributed by atoms with E-state index in [-0.39, 0.29) is 17.9 Å². The van der Waals surface area contributed by atoms with Crippen molar-refractivity contribution in [3.05, 3.63) is 63.6 Å². The van der Waals surface area contributed by atoms with Crippen LogP contribution in [0.25, 0.3) is 0 Å². The molecule has 0 saturated carbocycles. The molecule has 0 aliphatic heterocycles. The number of hydrogen-bond acceptors (Lipinski definition) is 4. The molecule has 0 radical (unpaired) electrons. The molecule has 0 aliphatic rings. The van der Waals surface area contributed by atoms with Crippen molar-refractivity contribution in [1.29, 1.82) is 0 Å². The lowest BCUT2D eigenvalue weighted by atomic mass is 9.87. The summed E-state index contributed by atoms with van der Waals surface area (Å²) in [7, 11) is -3.82. The zero-order valence-corrected chi connectivity index (χ0v) is 24.7. The summed E-state index contributed by atoms with van der Waals surface area (Å²) in [5.41, 5.74) is 1.77. The number of anilines is 1. The van der Waals surface area contributed by atoms with E-state index in [1.165, 1.54) is 4.90 Å². The van der Waals surface area contributed by atoms with Crippen molar-refractivity contribution in [3.63, 3.8) is 0 Å². The maximum Gasteiger partial charge on any atom is 0.244 e. The number of nitrogens with one attached hydrogen (secondary N) is 1. The van der Waals surface area contributed by atoms with E-state index in [9.17, 15) is 18.0 Å². The fourth-order valence-electron chi connectivity index (χ4n) is 3.88. The van der Waals surface area contributed by atoms with E-state index < -0.39 is 28.5 Å². The van der Waals surface area contributed by atoms with Crippen molar-refractivity contribution in [2.75, 3.05) is 23.7 Å². The molecular formula is C27H37Cl2N3O4S. The maximum absolute atomic E-state index is 13.8.